The topological polar surface area (TPSA) is 52.3 Å². The molecule has 1 aromatic rings. The lowest BCUT2D eigenvalue weighted by Gasteiger charge is -2.06. The molecule has 0 unspecified atom stereocenters. The number of benzene rings is 1. The fourth-order valence-electron chi connectivity index (χ4n) is 1.62. The zero-order valence-corrected chi connectivity index (χ0v) is 11.4. The Balaban J connectivity index is 2.12. The fourth-order valence-corrected chi connectivity index (χ4v) is 1.80. The van der Waals surface area contributed by atoms with Crippen LogP contribution in [0.2, 0.25) is 5.02 Å². The van der Waals surface area contributed by atoms with E-state index in [0.717, 1.165) is 36.9 Å². The quantitative estimate of drug-likeness (QED) is 0.468. The van der Waals surface area contributed by atoms with E-state index in [-0.39, 0.29) is 5.97 Å². The van der Waals surface area contributed by atoms with Gasteiger partial charge in [0, 0.05) is 17.6 Å². The van der Waals surface area contributed by atoms with Crippen LogP contribution in [0.3, 0.4) is 0 Å². The number of ether oxygens (including phenoxy) is 1. The molecule has 1 rings (SSSR count). The lowest BCUT2D eigenvalue weighted by molar-refractivity contribution is -0.141. The van der Waals surface area contributed by atoms with Crippen LogP contribution in [0, 0.1) is 6.42 Å². The normalized spacial score (nSPS) is 10.3. The van der Waals surface area contributed by atoms with Gasteiger partial charge in [-0.05, 0) is 49.8 Å². The van der Waals surface area contributed by atoms with Crippen LogP contribution < -0.4 is 5.73 Å². The number of carbonyl (C=O) groups is 1. The van der Waals surface area contributed by atoms with Gasteiger partial charge in [0.15, 0.2) is 0 Å². The van der Waals surface area contributed by atoms with Crippen molar-refractivity contribution in [3.05, 3.63) is 35.2 Å². The Bertz CT molecular complexity index is 393. The first kappa shape index (κ1) is 14.8. The summed E-state index contributed by atoms with van der Waals surface area (Å²) < 4.78 is 4.85. The van der Waals surface area contributed by atoms with Crippen LogP contribution >= 0.6 is 11.6 Å². The fraction of sp³-hybridized carbons (Fsp3) is 0.429. The van der Waals surface area contributed by atoms with Crippen LogP contribution in [0.1, 0.15) is 31.7 Å². The van der Waals surface area contributed by atoms with Crippen LogP contribution in [0.5, 0.6) is 0 Å². The minimum atomic E-state index is -0.215. The summed E-state index contributed by atoms with van der Waals surface area (Å²) in [6.45, 7) is 1.93. The number of nitrogens with two attached hydrogens (primary N) is 1. The zero-order valence-electron chi connectivity index (χ0n) is 10.6. The summed E-state index contributed by atoms with van der Waals surface area (Å²) in [4.78, 5) is 10.5. The van der Waals surface area contributed by atoms with E-state index in [1.54, 1.807) is 6.07 Å². The first-order valence-electron chi connectivity index (χ1n) is 6.08. The van der Waals surface area contributed by atoms with E-state index in [1.165, 1.54) is 6.92 Å². The summed E-state index contributed by atoms with van der Waals surface area (Å²) in [5.41, 5.74) is 7.69. The minimum Gasteiger partial charge on any atom is -0.466 e. The third-order valence-electron chi connectivity index (χ3n) is 2.58. The first-order valence-corrected chi connectivity index (χ1v) is 6.46. The standard InChI is InChI=1S/C14H19ClNO2/c1-11(17)18-9-5-3-2-4-6-12-7-8-13(15)10-14(12)16/h4,7-8,10H,2-3,5-6,9,16H2,1H3. The summed E-state index contributed by atoms with van der Waals surface area (Å²) in [7, 11) is 0. The van der Waals surface area contributed by atoms with Crippen molar-refractivity contribution in [2.75, 3.05) is 12.3 Å². The molecule has 99 valence electrons. The van der Waals surface area contributed by atoms with E-state index in [2.05, 4.69) is 6.42 Å². The molecule has 0 heterocycles. The van der Waals surface area contributed by atoms with Crippen LogP contribution in [-0.4, -0.2) is 12.6 Å². The number of unbranched alkanes of at least 4 members (excludes halogenated alkanes) is 3. The molecule has 0 aliphatic carbocycles. The highest BCUT2D eigenvalue weighted by Gasteiger charge is 2.00. The minimum absolute atomic E-state index is 0.215. The highest BCUT2D eigenvalue weighted by molar-refractivity contribution is 6.30. The van der Waals surface area contributed by atoms with Gasteiger partial charge in [0.1, 0.15) is 0 Å². The van der Waals surface area contributed by atoms with Gasteiger partial charge in [-0.1, -0.05) is 17.7 Å². The Morgan fingerprint density at radius 2 is 2.22 bits per heavy atom. The van der Waals surface area contributed by atoms with Crippen molar-refractivity contribution in [1.29, 1.82) is 0 Å². The third kappa shape index (κ3) is 5.92. The van der Waals surface area contributed by atoms with Crippen LogP contribution in [0.4, 0.5) is 5.69 Å². The third-order valence-corrected chi connectivity index (χ3v) is 2.82. The number of rotatable bonds is 7. The van der Waals surface area contributed by atoms with Gasteiger partial charge in [-0.25, -0.2) is 0 Å². The number of esters is 1. The predicted molar refractivity (Wildman–Crippen MR) is 74.4 cm³/mol. The first-order chi connectivity index (χ1) is 8.59. The Hall–Kier alpha value is -1.22. The predicted octanol–water partition coefficient (Wildman–Crippen LogP) is 3.40. The maximum Gasteiger partial charge on any atom is 0.302 e. The van der Waals surface area contributed by atoms with E-state index in [9.17, 15) is 4.79 Å². The van der Waals surface area contributed by atoms with Crippen molar-refractivity contribution in [2.45, 2.75) is 32.6 Å². The highest BCUT2D eigenvalue weighted by atomic mass is 35.5. The van der Waals surface area contributed by atoms with Crippen molar-refractivity contribution in [1.82, 2.24) is 0 Å². The molecule has 0 spiro atoms. The number of hydrogen-bond acceptors (Lipinski definition) is 3. The highest BCUT2D eigenvalue weighted by Crippen LogP contribution is 2.19. The molecule has 0 aliphatic rings. The van der Waals surface area contributed by atoms with Gasteiger partial charge in [-0.15, -0.1) is 0 Å². The van der Waals surface area contributed by atoms with Gasteiger partial charge in [0.25, 0.3) is 0 Å². The van der Waals surface area contributed by atoms with E-state index < -0.39 is 0 Å². The molecule has 0 fully saturated rings. The molecular weight excluding hydrogens is 250 g/mol. The second-order valence-electron chi connectivity index (χ2n) is 4.17. The van der Waals surface area contributed by atoms with Gasteiger partial charge >= 0.3 is 5.97 Å². The second-order valence-corrected chi connectivity index (χ2v) is 4.61. The van der Waals surface area contributed by atoms with Crippen molar-refractivity contribution in [3.63, 3.8) is 0 Å². The molecular formula is C14H19ClNO2. The van der Waals surface area contributed by atoms with Gasteiger partial charge in [0.2, 0.25) is 0 Å². The Morgan fingerprint density at radius 1 is 1.44 bits per heavy atom. The van der Waals surface area contributed by atoms with E-state index >= 15 is 0 Å². The number of halogens is 1. The molecule has 0 bridgehead atoms. The Kier molecular flexibility index (Phi) is 6.58. The molecule has 0 amide bonds. The molecule has 0 saturated carbocycles. The van der Waals surface area contributed by atoms with Gasteiger partial charge in [-0.3, -0.25) is 4.79 Å². The van der Waals surface area contributed by atoms with Gasteiger partial charge in [0.05, 0.1) is 6.61 Å². The van der Waals surface area contributed by atoms with E-state index in [0.29, 0.717) is 11.6 Å². The largest absolute Gasteiger partial charge is 0.466 e. The van der Waals surface area contributed by atoms with Gasteiger partial charge in [-0.2, -0.15) is 0 Å². The summed E-state index contributed by atoms with van der Waals surface area (Å²) in [6.07, 6.45) is 5.93. The number of nitrogen functional groups attached to an aromatic ring is 1. The zero-order chi connectivity index (χ0) is 13.4. The molecule has 1 radical (unpaired) electrons. The maximum absolute atomic E-state index is 10.5. The molecule has 1 aromatic carbocycles. The average molecular weight is 269 g/mol. The van der Waals surface area contributed by atoms with Crippen molar-refractivity contribution < 1.29 is 9.53 Å². The number of anilines is 1. The summed E-state index contributed by atoms with van der Waals surface area (Å²) in [5, 5.41) is 0.664. The lowest BCUT2D eigenvalue weighted by atomic mass is 10.0. The number of hydrogen-bond donors (Lipinski definition) is 1. The molecule has 4 heteroatoms. The average Bonchev–Trinajstić information content (AvgIpc) is 2.30. The molecule has 2 N–H and O–H groups in total. The van der Waals surface area contributed by atoms with E-state index in [1.807, 2.05) is 12.1 Å². The SMILES string of the molecule is CC(=O)OCCCC[CH]Cc1ccc(Cl)cc1N. The van der Waals surface area contributed by atoms with Gasteiger partial charge < -0.3 is 10.5 Å². The second kappa shape index (κ2) is 7.98. The molecule has 3 nitrogen and oxygen atoms in total. The van der Waals surface area contributed by atoms with Crippen LogP contribution in [-0.2, 0) is 16.0 Å². The molecule has 18 heavy (non-hydrogen) atoms. The van der Waals surface area contributed by atoms with Crippen molar-refractivity contribution in [2.24, 2.45) is 0 Å². The molecule has 0 aromatic heterocycles. The molecule has 0 aliphatic heterocycles. The van der Waals surface area contributed by atoms with Crippen molar-refractivity contribution in [3.8, 4) is 0 Å². The van der Waals surface area contributed by atoms with Crippen LogP contribution in [0.25, 0.3) is 0 Å². The Labute approximate surface area is 113 Å². The maximum atomic E-state index is 10.5. The van der Waals surface area contributed by atoms with Crippen molar-refractivity contribution >= 4 is 23.3 Å². The lowest BCUT2D eigenvalue weighted by Crippen LogP contribution is -2.00. The monoisotopic (exact) mass is 268 g/mol. The Morgan fingerprint density at radius 3 is 2.89 bits per heavy atom. The summed E-state index contributed by atoms with van der Waals surface area (Å²) >= 11 is 5.83. The molecule has 0 atom stereocenters. The number of carbonyl (C=O) groups excluding carboxylic acids is 1. The van der Waals surface area contributed by atoms with Crippen LogP contribution in [0.15, 0.2) is 18.2 Å². The summed E-state index contributed by atoms with van der Waals surface area (Å²) in [6, 6.07) is 5.57. The smallest absolute Gasteiger partial charge is 0.302 e. The van der Waals surface area contributed by atoms with E-state index in [4.69, 9.17) is 22.1 Å². The summed E-state index contributed by atoms with van der Waals surface area (Å²) in [5.74, 6) is -0.215. The molecule has 0 saturated heterocycles.